The van der Waals surface area contributed by atoms with E-state index in [0.29, 0.717) is 0 Å². The maximum atomic E-state index is 12.1. The van der Waals surface area contributed by atoms with E-state index in [4.69, 9.17) is 9.84 Å². The normalized spacial score (nSPS) is 18.9. The van der Waals surface area contributed by atoms with Gasteiger partial charge in [0.05, 0.1) is 12.5 Å². The Balaban J connectivity index is 2.67. The highest BCUT2D eigenvalue weighted by Gasteiger charge is 2.43. The zero-order chi connectivity index (χ0) is 16.2. The largest absolute Gasteiger partial charge is 0.481 e. The fourth-order valence-electron chi connectivity index (χ4n) is 1.84. The first kappa shape index (κ1) is 16.9. The number of hydrogen-bond acceptors (Lipinski definition) is 5. The van der Waals surface area contributed by atoms with Gasteiger partial charge < -0.3 is 20.1 Å². The molecule has 0 saturated carbocycles. The highest BCUT2D eigenvalue weighted by atomic mass is 16.5. The van der Waals surface area contributed by atoms with Crippen LogP contribution in [0.3, 0.4) is 0 Å². The summed E-state index contributed by atoms with van der Waals surface area (Å²) < 4.78 is 4.93. The molecular formula is C12H19N3O6. The molecule has 1 heterocycles. The number of carbonyl (C=O) groups excluding carboxylic acids is 3. The lowest BCUT2D eigenvalue weighted by Crippen LogP contribution is -2.67. The van der Waals surface area contributed by atoms with Crippen molar-refractivity contribution in [2.45, 2.75) is 31.9 Å². The van der Waals surface area contributed by atoms with Gasteiger partial charge in [0.15, 0.2) is 0 Å². The van der Waals surface area contributed by atoms with Gasteiger partial charge in [-0.25, -0.2) is 4.79 Å². The van der Waals surface area contributed by atoms with Crippen molar-refractivity contribution < 1.29 is 29.0 Å². The van der Waals surface area contributed by atoms with E-state index < -0.39 is 35.5 Å². The topological polar surface area (TPSA) is 125 Å². The summed E-state index contributed by atoms with van der Waals surface area (Å²) in [6.07, 6.45) is -0.955. The molecule has 4 amide bonds. The number of carboxylic acid groups (broad SMARTS) is 1. The molecule has 0 aliphatic carbocycles. The second-order valence-electron chi connectivity index (χ2n) is 5.16. The molecule has 1 aliphatic rings. The Bertz CT molecular complexity index is 462. The van der Waals surface area contributed by atoms with Gasteiger partial charge in [-0.2, -0.15) is 0 Å². The van der Waals surface area contributed by atoms with E-state index in [0.717, 1.165) is 4.90 Å². The Morgan fingerprint density at radius 1 is 1.48 bits per heavy atom. The minimum Gasteiger partial charge on any atom is -0.481 e. The minimum atomic E-state index is -1.17. The molecule has 0 radical (unpaired) electrons. The van der Waals surface area contributed by atoms with Crippen LogP contribution < -0.4 is 10.6 Å². The van der Waals surface area contributed by atoms with E-state index in [1.807, 2.05) is 0 Å². The summed E-state index contributed by atoms with van der Waals surface area (Å²) in [4.78, 5) is 46.9. The molecule has 0 bridgehead atoms. The number of carboxylic acids is 1. The maximum Gasteiger partial charge on any atom is 0.318 e. The van der Waals surface area contributed by atoms with Crippen LogP contribution >= 0.6 is 0 Å². The van der Waals surface area contributed by atoms with E-state index >= 15 is 0 Å². The highest BCUT2D eigenvalue weighted by Crippen LogP contribution is 2.18. The number of nitrogens with one attached hydrogen (secondary N) is 2. The van der Waals surface area contributed by atoms with Crippen LogP contribution in [0, 0.1) is 0 Å². The molecule has 0 aromatic heterocycles. The van der Waals surface area contributed by atoms with Gasteiger partial charge in [-0.1, -0.05) is 0 Å². The number of amides is 4. The van der Waals surface area contributed by atoms with E-state index in [9.17, 15) is 19.2 Å². The summed E-state index contributed by atoms with van der Waals surface area (Å²) in [5, 5.41) is 13.3. The number of aliphatic carboxylic acids is 1. The number of imide groups is 1. The summed E-state index contributed by atoms with van der Waals surface area (Å²) in [6, 6.07) is -0.629. The average Bonchev–Trinajstić information content (AvgIpc) is 2.38. The molecule has 0 spiro atoms. The van der Waals surface area contributed by atoms with E-state index in [1.54, 1.807) is 0 Å². The van der Waals surface area contributed by atoms with E-state index in [1.165, 1.54) is 21.0 Å². The minimum absolute atomic E-state index is 0.0377. The molecule has 3 N–H and O–H groups in total. The third kappa shape index (κ3) is 4.15. The number of ether oxygens (including phenoxy) is 1. The first-order chi connectivity index (χ1) is 9.68. The molecule has 1 atom stereocenters. The lowest BCUT2D eigenvalue weighted by molar-refractivity contribution is -0.142. The molecule has 0 aromatic rings. The number of methoxy groups -OCH3 is 1. The van der Waals surface area contributed by atoms with Crippen LogP contribution in [0.15, 0.2) is 0 Å². The summed E-state index contributed by atoms with van der Waals surface area (Å²) in [7, 11) is 1.33. The molecule has 1 rings (SSSR count). The maximum absolute atomic E-state index is 12.1. The quantitative estimate of drug-likeness (QED) is 0.555. The van der Waals surface area contributed by atoms with Gasteiger partial charge in [-0.15, -0.1) is 0 Å². The molecule has 9 heteroatoms. The Morgan fingerprint density at radius 2 is 2.10 bits per heavy atom. The van der Waals surface area contributed by atoms with Gasteiger partial charge in [0.25, 0.3) is 5.91 Å². The molecule has 1 fully saturated rings. The van der Waals surface area contributed by atoms with Gasteiger partial charge in [-0.05, 0) is 13.8 Å². The summed E-state index contributed by atoms with van der Waals surface area (Å²) in [5.41, 5.74) is -1.17. The van der Waals surface area contributed by atoms with Crippen LogP contribution in [0.5, 0.6) is 0 Å². The lowest BCUT2D eigenvalue weighted by atomic mass is 9.99. The van der Waals surface area contributed by atoms with Gasteiger partial charge in [0, 0.05) is 13.7 Å². The number of urea groups is 1. The highest BCUT2D eigenvalue weighted by molar-refractivity contribution is 6.05. The monoisotopic (exact) mass is 301 g/mol. The fraction of sp³-hybridized carbons (Fsp3) is 0.667. The molecule has 1 unspecified atom stereocenters. The predicted molar refractivity (Wildman–Crippen MR) is 70.4 cm³/mol. The number of rotatable bonds is 5. The van der Waals surface area contributed by atoms with Crippen molar-refractivity contribution in [3.05, 3.63) is 0 Å². The van der Waals surface area contributed by atoms with Crippen LogP contribution in [-0.4, -0.2) is 65.7 Å². The average molecular weight is 301 g/mol. The van der Waals surface area contributed by atoms with Crippen molar-refractivity contribution in [2.75, 3.05) is 20.2 Å². The Kier molecular flexibility index (Phi) is 5.25. The summed E-state index contributed by atoms with van der Waals surface area (Å²) in [6.45, 7) is 2.74. The standard InChI is InChI=1S/C12H19N3O6/c1-12(2)10(19)14-8(16)6-15(12)11(20)13-5-7(21-3)4-9(17)18/h7H,4-6H2,1-3H3,(H,13,20)(H,17,18)(H,14,16,19). The number of hydrogen-bond donors (Lipinski definition) is 3. The van der Waals surface area contributed by atoms with Gasteiger partial charge in [-0.3, -0.25) is 19.7 Å². The zero-order valence-electron chi connectivity index (χ0n) is 12.1. The van der Waals surface area contributed by atoms with Crippen LogP contribution in [0.25, 0.3) is 0 Å². The first-order valence-corrected chi connectivity index (χ1v) is 6.32. The predicted octanol–water partition coefficient (Wildman–Crippen LogP) is -1.08. The Morgan fingerprint density at radius 3 is 2.62 bits per heavy atom. The van der Waals surface area contributed by atoms with Crippen LogP contribution in [0.4, 0.5) is 4.79 Å². The zero-order valence-corrected chi connectivity index (χ0v) is 12.1. The SMILES string of the molecule is COC(CNC(=O)N1CC(=O)NC(=O)C1(C)C)CC(=O)O. The summed E-state index contributed by atoms with van der Waals surface area (Å²) in [5.74, 6) is -2.19. The van der Waals surface area contributed by atoms with E-state index in [2.05, 4.69) is 10.6 Å². The third-order valence-electron chi connectivity index (χ3n) is 3.25. The van der Waals surface area contributed by atoms with Crippen molar-refractivity contribution in [3.63, 3.8) is 0 Å². The van der Waals surface area contributed by atoms with Crippen molar-refractivity contribution in [2.24, 2.45) is 0 Å². The molecule has 118 valence electrons. The smallest absolute Gasteiger partial charge is 0.318 e. The Hall–Kier alpha value is -2.16. The fourth-order valence-corrected chi connectivity index (χ4v) is 1.84. The number of piperazine rings is 1. The second kappa shape index (κ2) is 6.53. The lowest BCUT2D eigenvalue weighted by Gasteiger charge is -2.40. The van der Waals surface area contributed by atoms with E-state index in [-0.39, 0.29) is 19.5 Å². The molecule has 1 saturated heterocycles. The van der Waals surface area contributed by atoms with Gasteiger partial charge in [0.2, 0.25) is 5.91 Å². The molecule has 0 aromatic carbocycles. The van der Waals surface area contributed by atoms with Crippen molar-refractivity contribution in [1.29, 1.82) is 0 Å². The summed E-state index contributed by atoms with van der Waals surface area (Å²) >= 11 is 0. The Labute approximate surface area is 121 Å². The van der Waals surface area contributed by atoms with Crippen molar-refractivity contribution in [1.82, 2.24) is 15.5 Å². The van der Waals surface area contributed by atoms with Gasteiger partial charge in [0.1, 0.15) is 12.1 Å². The second-order valence-corrected chi connectivity index (χ2v) is 5.16. The molecule has 21 heavy (non-hydrogen) atoms. The molecular weight excluding hydrogens is 282 g/mol. The van der Waals surface area contributed by atoms with Crippen LogP contribution in [0.1, 0.15) is 20.3 Å². The number of nitrogens with zero attached hydrogens (tertiary/aromatic N) is 1. The van der Waals surface area contributed by atoms with Crippen molar-refractivity contribution in [3.8, 4) is 0 Å². The molecule has 9 nitrogen and oxygen atoms in total. The number of carbonyl (C=O) groups is 4. The first-order valence-electron chi connectivity index (χ1n) is 6.32. The van der Waals surface area contributed by atoms with Crippen LogP contribution in [0.2, 0.25) is 0 Å². The molecule has 1 aliphatic heterocycles. The van der Waals surface area contributed by atoms with Crippen LogP contribution in [-0.2, 0) is 19.1 Å². The van der Waals surface area contributed by atoms with Crippen molar-refractivity contribution >= 4 is 23.8 Å². The van der Waals surface area contributed by atoms with Gasteiger partial charge >= 0.3 is 12.0 Å². The third-order valence-corrected chi connectivity index (χ3v) is 3.25.